The molecule has 21 heavy (non-hydrogen) atoms. The lowest BCUT2D eigenvalue weighted by Gasteiger charge is -2.42. The van der Waals surface area contributed by atoms with Gasteiger partial charge in [-0.2, -0.15) is 0 Å². The summed E-state index contributed by atoms with van der Waals surface area (Å²) in [6, 6.07) is 9.63. The molecule has 5 nitrogen and oxygen atoms in total. The first-order valence-corrected chi connectivity index (χ1v) is 7.54. The number of likely N-dealkylation sites (tertiary alicyclic amines) is 1. The monoisotopic (exact) mass is 290 g/mol. The Bertz CT molecular complexity index is 486. The summed E-state index contributed by atoms with van der Waals surface area (Å²) >= 11 is 0. The average molecular weight is 290 g/mol. The number of piperidine rings is 1. The number of nitrogens with one attached hydrogen (secondary N) is 1. The minimum Gasteiger partial charge on any atom is -0.445 e. The van der Waals surface area contributed by atoms with Gasteiger partial charge in [0.25, 0.3) is 0 Å². The highest BCUT2D eigenvalue weighted by Gasteiger charge is 2.45. The number of ether oxygens (including phenoxy) is 1. The summed E-state index contributed by atoms with van der Waals surface area (Å²) in [6.07, 6.45) is 1.02. The van der Waals surface area contributed by atoms with Crippen molar-refractivity contribution in [2.75, 3.05) is 26.2 Å². The van der Waals surface area contributed by atoms with Crippen LogP contribution < -0.4 is 5.32 Å². The van der Waals surface area contributed by atoms with E-state index in [-0.39, 0.29) is 18.1 Å². The van der Waals surface area contributed by atoms with Gasteiger partial charge in [-0.3, -0.25) is 0 Å². The molecule has 0 saturated carbocycles. The van der Waals surface area contributed by atoms with Crippen molar-refractivity contribution in [3.05, 3.63) is 35.9 Å². The Morgan fingerprint density at radius 1 is 1.38 bits per heavy atom. The van der Waals surface area contributed by atoms with Gasteiger partial charge in [0.1, 0.15) is 6.61 Å². The third kappa shape index (κ3) is 3.04. The number of carbonyl (C=O) groups is 1. The highest BCUT2D eigenvalue weighted by molar-refractivity contribution is 5.67. The maximum absolute atomic E-state index is 12.1. The maximum Gasteiger partial charge on any atom is 0.410 e. The van der Waals surface area contributed by atoms with Crippen LogP contribution in [0.25, 0.3) is 0 Å². The molecule has 2 saturated heterocycles. The Balaban J connectivity index is 1.52. The van der Waals surface area contributed by atoms with Crippen LogP contribution in [0.2, 0.25) is 0 Å². The Morgan fingerprint density at radius 2 is 2.19 bits per heavy atom. The van der Waals surface area contributed by atoms with Crippen LogP contribution in [-0.2, 0) is 11.3 Å². The number of aliphatic hydroxyl groups is 1. The molecule has 1 spiro atoms. The first kappa shape index (κ1) is 14.4. The van der Waals surface area contributed by atoms with Crippen molar-refractivity contribution in [2.45, 2.75) is 25.6 Å². The molecule has 2 unspecified atom stereocenters. The van der Waals surface area contributed by atoms with Crippen LogP contribution in [0.1, 0.15) is 18.4 Å². The molecule has 2 fully saturated rings. The second kappa shape index (κ2) is 6.03. The normalized spacial score (nSPS) is 28.8. The quantitative estimate of drug-likeness (QED) is 0.863. The van der Waals surface area contributed by atoms with E-state index in [9.17, 15) is 9.90 Å². The predicted octanol–water partition coefficient (Wildman–Crippen LogP) is 1.37. The second-order valence-corrected chi connectivity index (χ2v) is 6.04. The minimum atomic E-state index is -0.467. The van der Waals surface area contributed by atoms with Crippen molar-refractivity contribution < 1.29 is 14.6 Å². The van der Waals surface area contributed by atoms with E-state index >= 15 is 0 Å². The lowest BCUT2D eigenvalue weighted by atomic mass is 9.75. The maximum atomic E-state index is 12.1. The van der Waals surface area contributed by atoms with Crippen LogP contribution in [-0.4, -0.2) is 48.4 Å². The zero-order chi connectivity index (χ0) is 14.7. The first-order chi connectivity index (χ1) is 10.2. The highest BCUT2D eigenvalue weighted by Crippen LogP contribution is 2.37. The number of nitrogens with zero attached hydrogens (tertiary/aromatic N) is 1. The van der Waals surface area contributed by atoms with Gasteiger partial charge in [0.05, 0.1) is 12.6 Å². The van der Waals surface area contributed by atoms with Crippen molar-refractivity contribution in [1.82, 2.24) is 10.2 Å². The predicted molar refractivity (Wildman–Crippen MR) is 78.7 cm³/mol. The number of rotatable bonds is 2. The molecule has 1 amide bonds. The molecule has 114 valence electrons. The molecule has 2 N–H and O–H groups in total. The molecule has 2 heterocycles. The van der Waals surface area contributed by atoms with Crippen LogP contribution in [0, 0.1) is 5.41 Å². The third-order valence-electron chi connectivity index (χ3n) is 4.72. The standard InChI is InChI=1S/C16H22N2O3/c19-14-10-18(9-7-16(14)6-8-17-12-16)15(20)21-11-13-4-2-1-3-5-13/h1-5,14,17,19H,6-12H2. The molecule has 0 aromatic heterocycles. The van der Waals surface area contributed by atoms with E-state index in [1.807, 2.05) is 30.3 Å². The summed E-state index contributed by atoms with van der Waals surface area (Å²) in [7, 11) is 0. The van der Waals surface area contributed by atoms with Crippen molar-refractivity contribution in [2.24, 2.45) is 5.41 Å². The zero-order valence-electron chi connectivity index (χ0n) is 12.1. The summed E-state index contributed by atoms with van der Waals surface area (Å²) in [5.41, 5.74) is 0.927. The van der Waals surface area contributed by atoms with E-state index in [0.717, 1.165) is 31.5 Å². The highest BCUT2D eigenvalue weighted by atomic mass is 16.6. The number of carbonyl (C=O) groups excluding carboxylic acids is 1. The topological polar surface area (TPSA) is 61.8 Å². The van der Waals surface area contributed by atoms with E-state index in [2.05, 4.69) is 5.32 Å². The van der Waals surface area contributed by atoms with Gasteiger partial charge < -0.3 is 20.1 Å². The third-order valence-corrected chi connectivity index (χ3v) is 4.72. The molecular weight excluding hydrogens is 268 g/mol. The van der Waals surface area contributed by atoms with E-state index in [1.165, 1.54) is 0 Å². The van der Waals surface area contributed by atoms with Crippen molar-refractivity contribution in [1.29, 1.82) is 0 Å². The van der Waals surface area contributed by atoms with Gasteiger partial charge in [0.15, 0.2) is 0 Å². The summed E-state index contributed by atoms with van der Waals surface area (Å²) < 4.78 is 5.33. The molecule has 3 rings (SSSR count). The van der Waals surface area contributed by atoms with Gasteiger partial charge in [-0.25, -0.2) is 4.79 Å². The number of aliphatic hydroxyl groups excluding tert-OH is 1. The SMILES string of the molecule is O=C(OCc1ccccc1)N1CCC2(CCNC2)C(O)C1. The summed E-state index contributed by atoms with van der Waals surface area (Å²) in [6.45, 7) is 3.11. The molecule has 0 bridgehead atoms. The van der Waals surface area contributed by atoms with Gasteiger partial charge in [-0.1, -0.05) is 30.3 Å². The Hall–Kier alpha value is -1.59. The van der Waals surface area contributed by atoms with Crippen LogP contribution >= 0.6 is 0 Å². The fourth-order valence-electron chi connectivity index (χ4n) is 3.26. The summed E-state index contributed by atoms with van der Waals surface area (Å²) in [5.74, 6) is 0. The molecule has 2 aliphatic rings. The van der Waals surface area contributed by atoms with Crippen molar-refractivity contribution in [3.8, 4) is 0 Å². The number of amides is 1. The van der Waals surface area contributed by atoms with Gasteiger partial charge in [0.2, 0.25) is 0 Å². The van der Waals surface area contributed by atoms with Gasteiger partial charge in [-0.05, 0) is 24.9 Å². The zero-order valence-corrected chi connectivity index (χ0v) is 12.1. The second-order valence-electron chi connectivity index (χ2n) is 6.04. The number of hydrogen-bond donors (Lipinski definition) is 2. The van der Waals surface area contributed by atoms with Crippen LogP contribution in [0.15, 0.2) is 30.3 Å². The molecule has 0 aliphatic carbocycles. The lowest BCUT2D eigenvalue weighted by molar-refractivity contribution is -0.0338. The van der Waals surface area contributed by atoms with Crippen molar-refractivity contribution in [3.63, 3.8) is 0 Å². The average Bonchev–Trinajstić information content (AvgIpc) is 2.99. The van der Waals surface area contributed by atoms with Gasteiger partial charge >= 0.3 is 6.09 Å². The van der Waals surface area contributed by atoms with E-state index in [1.54, 1.807) is 4.90 Å². The summed E-state index contributed by atoms with van der Waals surface area (Å²) in [4.78, 5) is 13.7. The Labute approximate surface area is 124 Å². The van der Waals surface area contributed by atoms with Crippen molar-refractivity contribution >= 4 is 6.09 Å². The number of β-amino-alcohol motifs (C(OH)–C–C–N with tert-alkyl or cyclic N) is 1. The van der Waals surface area contributed by atoms with E-state index in [0.29, 0.717) is 13.1 Å². The summed E-state index contributed by atoms with van der Waals surface area (Å²) in [5, 5.41) is 13.7. The first-order valence-electron chi connectivity index (χ1n) is 7.54. The fourth-order valence-corrected chi connectivity index (χ4v) is 3.26. The fraction of sp³-hybridized carbons (Fsp3) is 0.562. The molecule has 1 aromatic carbocycles. The van der Waals surface area contributed by atoms with Gasteiger partial charge in [-0.15, -0.1) is 0 Å². The number of benzene rings is 1. The molecule has 5 heteroatoms. The smallest absolute Gasteiger partial charge is 0.410 e. The Morgan fingerprint density at radius 3 is 2.86 bits per heavy atom. The molecule has 1 aromatic rings. The molecule has 0 radical (unpaired) electrons. The van der Waals surface area contributed by atoms with Gasteiger partial charge in [0, 0.05) is 18.5 Å². The minimum absolute atomic E-state index is 0.0454. The number of hydrogen-bond acceptors (Lipinski definition) is 4. The van der Waals surface area contributed by atoms with E-state index < -0.39 is 6.10 Å². The van der Waals surface area contributed by atoms with E-state index in [4.69, 9.17) is 4.74 Å². The van der Waals surface area contributed by atoms with Crippen LogP contribution in [0.4, 0.5) is 4.79 Å². The Kier molecular flexibility index (Phi) is 4.12. The lowest BCUT2D eigenvalue weighted by Crippen LogP contribution is -2.53. The molecule has 2 aliphatic heterocycles. The van der Waals surface area contributed by atoms with Crippen LogP contribution in [0.5, 0.6) is 0 Å². The van der Waals surface area contributed by atoms with Crippen LogP contribution in [0.3, 0.4) is 0 Å². The molecular formula is C16H22N2O3. The largest absolute Gasteiger partial charge is 0.445 e. The molecule has 2 atom stereocenters.